The zero-order valence-corrected chi connectivity index (χ0v) is 23.9. The van der Waals surface area contributed by atoms with Gasteiger partial charge in [0.2, 0.25) is 5.88 Å². The number of sulfonamides is 1. The Kier molecular flexibility index (Phi) is 7.37. The summed E-state index contributed by atoms with van der Waals surface area (Å²) in [6.45, 7) is 8.11. The molecule has 0 bridgehead atoms. The molecule has 9 heteroatoms. The number of unbranched alkanes of at least 4 members (excludes halogenated alkanes) is 1. The molecule has 1 amide bonds. The number of carbonyl (C=O) groups excluding carboxylic acids is 1. The quantitative estimate of drug-likeness (QED) is 0.337. The molecule has 2 aromatic carbocycles. The summed E-state index contributed by atoms with van der Waals surface area (Å²) in [5.41, 5.74) is 4.05. The van der Waals surface area contributed by atoms with Gasteiger partial charge in [0.05, 0.1) is 17.1 Å². The summed E-state index contributed by atoms with van der Waals surface area (Å²) in [5.74, 6) is 1.16. The van der Waals surface area contributed by atoms with Crippen molar-refractivity contribution in [1.82, 2.24) is 10.1 Å². The Morgan fingerprint density at radius 2 is 1.79 bits per heavy atom. The van der Waals surface area contributed by atoms with Gasteiger partial charge in [0.1, 0.15) is 11.4 Å². The number of amides is 1. The van der Waals surface area contributed by atoms with Crippen molar-refractivity contribution >= 4 is 27.7 Å². The molecule has 5 rings (SSSR count). The third-order valence-corrected chi connectivity index (χ3v) is 9.35. The van der Waals surface area contributed by atoms with Crippen LogP contribution in [0.15, 0.2) is 56.9 Å². The number of anilines is 1. The number of aliphatic imine (C=N–C) groups is 1. The van der Waals surface area contributed by atoms with E-state index in [1.165, 1.54) is 0 Å². The average Bonchev–Trinajstić information content (AvgIpc) is 3.59. The van der Waals surface area contributed by atoms with Gasteiger partial charge >= 0.3 is 0 Å². The summed E-state index contributed by atoms with van der Waals surface area (Å²) < 4.78 is 34.5. The van der Waals surface area contributed by atoms with Crippen LogP contribution in [0.25, 0.3) is 11.1 Å². The molecule has 3 aromatic rings. The molecule has 8 nitrogen and oxygen atoms in total. The number of rotatable bonds is 9. The summed E-state index contributed by atoms with van der Waals surface area (Å²) in [4.78, 5) is 20.6. The molecule has 1 spiro atoms. The van der Waals surface area contributed by atoms with Gasteiger partial charge in [0.25, 0.3) is 15.9 Å². The molecule has 1 aliphatic carbocycles. The van der Waals surface area contributed by atoms with Gasteiger partial charge in [-0.05, 0) is 62.8 Å². The molecule has 0 atom stereocenters. The predicted molar refractivity (Wildman–Crippen MR) is 152 cm³/mol. The zero-order valence-electron chi connectivity index (χ0n) is 23.1. The third kappa shape index (κ3) is 5.12. The molecule has 206 valence electrons. The molecule has 2 heterocycles. The predicted octanol–water partition coefficient (Wildman–Crippen LogP) is 6.31. The van der Waals surface area contributed by atoms with Crippen molar-refractivity contribution in [2.45, 2.75) is 89.6 Å². The molecular weight excluding hydrogens is 512 g/mol. The number of nitrogens with one attached hydrogen (secondary N) is 1. The molecule has 1 saturated carbocycles. The maximum absolute atomic E-state index is 13.5. The van der Waals surface area contributed by atoms with E-state index >= 15 is 0 Å². The second-order valence-electron chi connectivity index (χ2n) is 10.7. The number of benzene rings is 2. The number of carbonyl (C=O) groups is 1. The standard InChI is InChI=1S/C30H36N4O4S/c1-5-6-13-27-31-30(16-9-10-17-30)29(35)34(27)19-23-14-15-24(20(2)18-23)25-11-7-8-12-26(25)39(36,37)33-28-21(3)22(4)32-38-28/h7-8,11-12,14-15,18,33H,5-6,9-10,13,16-17,19H2,1-4H3. The van der Waals surface area contributed by atoms with Crippen LogP contribution < -0.4 is 4.72 Å². The zero-order chi connectivity index (χ0) is 27.8. The summed E-state index contributed by atoms with van der Waals surface area (Å²) >= 11 is 0. The average molecular weight is 549 g/mol. The van der Waals surface area contributed by atoms with E-state index < -0.39 is 15.6 Å². The Bertz CT molecular complexity index is 1530. The van der Waals surface area contributed by atoms with Crippen LogP contribution in [-0.4, -0.2) is 35.8 Å². The van der Waals surface area contributed by atoms with E-state index in [9.17, 15) is 13.2 Å². The minimum atomic E-state index is -3.94. The topological polar surface area (TPSA) is 105 Å². The Labute approximate surface area is 230 Å². The van der Waals surface area contributed by atoms with Gasteiger partial charge in [0, 0.05) is 17.5 Å². The minimum absolute atomic E-state index is 0.116. The Morgan fingerprint density at radius 3 is 2.46 bits per heavy atom. The van der Waals surface area contributed by atoms with Crippen molar-refractivity contribution in [2.24, 2.45) is 4.99 Å². The number of aromatic nitrogens is 1. The summed E-state index contributed by atoms with van der Waals surface area (Å²) in [7, 11) is -3.94. The second kappa shape index (κ2) is 10.6. The van der Waals surface area contributed by atoms with Crippen LogP contribution in [0, 0.1) is 20.8 Å². The first-order valence-electron chi connectivity index (χ1n) is 13.7. The fourth-order valence-electron chi connectivity index (χ4n) is 5.62. The fraction of sp³-hybridized carbons (Fsp3) is 0.433. The van der Waals surface area contributed by atoms with Crippen molar-refractivity contribution < 1.29 is 17.7 Å². The van der Waals surface area contributed by atoms with Crippen molar-refractivity contribution in [2.75, 3.05) is 4.72 Å². The lowest BCUT2D eigenvalue weighted by Crippen LogP contribution is -2.40. The van der Waals surface area contributed by atoms with Gasteiger partial charge < -0.3 is 4.52 Å². The summed E-state index contributed by atoms with van der Waals surface area (Å²) in [6.07, 6.45) is 6.63. The molecule has 39 heavy (non-hydrogen) atoms. The molecule has 1 N–H and O–H groups in total. The first kappa shape index (κ1) is 27.1. The molecule has 2 aliphatic rings. The van der Waals surface area contributed by atoms with Gasteiger partial charge in [-0.25, -0.2) is 13.1 Å². The maximum Gasteiger partial charge on any atom is 0.264 e. The normalized spacial score (nSPS) is 16.8. The van der Waals surface area contributed by atoms with Crippen molar-refractivity contribution in [1.29, 1.82) is 0 Å². The van der Waals surface area contributed by atoms with Gasteiger partial charge in [-0.2, -0.15) is 0 Å². The number of hydrogen-bond acceptors (Lipinski definition) is 6. The monoisotopic (exact) mass is 548 g/mol. The third-order valence-electron chi connectivity index (χ3n) is 7.97. The van der Waals surface area contributed by atoms with Crippen LogP contribution in [0.4, 0.5) is 5.88 Å². The number of hydrogen-bond donors (Lipinski definition) is 1. The van der Waals surface area contributed by atoms with Crippen molar-refractivity contribution in [3.63, 3.8) is 0 Å². The Morgan fingerprint density at radius 1 is 1.05 bits per heavy atom. The van der Waals surface area contributed by atoms with E-state index in [0.29, 0.717) is 23.4 Å². The van der Waals surface area contributed by atoms with E-state index in [2.05, 4.69) is 16.8 Å². The molecule has 0 radical (unpaired) electrons. The molecule has 1 aromatic heterocycles. The van der Waals surface area contributed by atoms with E-state index in [-0.39, 0.29) is 16.7 Å². The molecule has 1 fully saturated rings. The van der Waals surface area contributed by atoms with Gasteiger partial charge in [-0.1, -0.05) is 67.7 Å². The van der Waals surface area contributed by atoms with Crippen LogP contribution in [0.5, 0.6) is 0 Å². The highest BCUT2D eigenvalue weighted by Crippen LogP contribution is 2.40. The van der Waals surface area contributed by atoms with Crippen molar-refractivity contribution in [3.8, 4) is 11.1 Å². The lowest BCUT2D eigenvalue weighted by Gasteiger charge is -2.23. The smallest absolute Gasteiger partial charge is 0.264 e. The van der Waals surface area contributed by atoms with Crippen LogP contribution >= 0.6 is 0 Å². The lowest BCUT2D eigenvalue weighted by molar-refractivity contribution is -0.131. The van der Waals surface area contributed by atoms with Crippen LogP contribution in [-0.2, 0) is 21.4 Å². The van der Waals surface area contributed by atoms with Gasteiger partial charge in [-0.15, -0.1) is 0 Å². The molecule has 0 unspecified atom stereocenters. The lowest BCUT2D eigenvalue weighted by atomic mass is 9.97. The SMILES string of the molecule is CCCCC1=NC2(CCCC2)C(=O)N1Cc1ccc(-c2ccccc2S(=O)(=O)Nc2onc(C)c2C)c(C)c1. The molecule has 0 saturated heterocycles. The van der Waals surface area contributed by atoms with E-state index in [4.69, 9.17) is 9.52 Å². The Hall–Kier alpha value is -3.46. The van der Waals surface area contributed by atoms with Gasteiger partial charge in [0.15, 0.2) is 0 Å². The van der Waals surface area contributed by atoms with Gasteiger partial charge in [-0.3, -0.25) is 14.7 Å². The van der Waals surface area contributed by atoms with E-state index in [1.807, 2.05) is 36.1 Å². The largest absolute Gasteiger partial charge is 0.337 e. The van der Waals surface area contributed by atoms with E-state index in [0.717, 1.165) is 67.5 Å². The summed E-state index contributed by atoms with van der Waals surface area (Å²) in [5, 5.41) is 3.85. The molecular formula is C30H36N4O4S. The number of amidine groups is 1. The fourth-order valence-corrected chi connectivity index (χ4v) is 6.89. The van der Waals surface area contributed by atoms with E-state index in [1.54, 1.807) is 32.0 Å². The second-order valence-corrected chi connectivity index (χ2v) is 12.4. The highest BCUT2D eigenvalue weighted by atomic mass is 32.2. The highest BCUT2D eigenvalue weighted by Gasteiger charge is 2.49. The minimum Gasteiger partial charge on any atom is -0.337 e. The Balaban J connectivity index is 1.42. The first-order valence-corrected chi connectivity index (χ1v) is 15.2. The van der Waals surface area contributed by atoms with Crippen LogP contribution in [0.3, 0.4) is 0 Å². The number of nitrogens with zero attached hydrogens (tertiary/aromatic N) is 3. The van der Waals surface area contributed by atoms with Crippen LogP contribution in [0.1, 0.15) is 74.3 Å². The van der Waals surface area contributed by atoms with Crippen molar-refractivity contribution in [3.05, 3.63) is 64.8 Å². The summed E-state index contributed by atoms with van der Waals surface area (Å²) in [6, 6.07) is 12.9. The maximum atomic E-state index is 13.5. The highest BCUT2D eigenvalue weighted by molar-refractivity contribution is 7.92. The molecule has 1 aliphatic heterocycles. The number of aryl methyl sites for hydroxylation is 2. The first-order chi connectivity index (χ1) is 18.6. The van der Waals surface area contributed by atoms with Crippen LogP contribution in [0.2, 0.25) is 0 Å².